The molecule has 3 atom stereocenters. The Labute approximate surface area is 149 Å². The van der Waals surface area contributed by atoms with Gasteiger partial charge in [-0.2, -0.15) is 0 Å². The van der Waals surface area contributed by atoms with Crippen LogP contribution in [-0.4, -0.2) is 19.6 Å². The highest BCUT2D eigenvalue weighted by Gasteiger charge is 2.38. The second-order valence-electron chi connectivity index (χ2n) is 6.34. The number of anilines is 1. The molecular formula is C17H26IN3O. The van der Waals surface area contributed by atoms with Gasteiger partial charge in [0.2, 0.25) is 0 Å². The minimum Gasteiger partial charge on any atom is -0.497 e. The third kappa shape index (κ3) is 4.27. The van der Waals surface area contributed by atoms with Crippen molar-refractivity contribution in [3.05, 3.63) is 24.3 Å². The van der Waals surface area contributed by atoms with Crippen LogP contribution in [0.1, 0.15) is 32.1 Å². The summed E-state index contributed by atoms with van der Waals surface area (Å²) in [5, 5.41) is 3.12. The average molecular weight is 415 g/mol. The number of hydrogen-bond donors (Lipinski definition) is 2. The molecule has 0 aliphatic heterocycles. The molecule has 2 saturated carbocycles. The third-order valence-electron chi connectivity index (χ3n) is 5.03. The average Bonchev–Trinajstić information content (AvgIpc) is 3.11. The molecule has 2 aliphatic rings. The van der Waals surface area contributed by atoms with Gasteiger partial charge in [-0.3, -0.25) is 4.99 Å². The second kappa shape index (κ2) is 8.04. The lowest BCUT2D eigenvalue weighted by molar-refractivity contribution is 0.318. The van der Waals surface area contributed by atoms with Gasteiger partial charge in [0.25, 0.3) is 0 Å². The van der Waals surface area contributed by atoms with Crippen LogP contribution in [0.25, 0.3) is 0 Å². The van der Waals surface area contributed by atoms with Crippen LogP contribution in [0.5, 0.6) is 5.75 Å². The van der Waals surface area contributed by atoms with Crippen molar-refractivity contribution in [2.75, 3.05) is 19.0 Å². The Balaban J connectivity index is 0.00000176. The second-order valence-corrected chi connectivity index (χ2v) is 6.34. The van der Waals surface area contributed by atoms with Crippen LogP contribution >= 0.6 is 24.0 Å². The van der Waals surface area contributed by atoms with Crippen molar-refractivity contribution in [3.8, 4) is 5.75 Å². The van der Waals surface area contributed by atoms with Crippen molar-refractivity contribution in [1.29, 1.82) is 0 Å². The fourth-order valence-electron chi connectivity index (χ4n) is 3.94. The number of fused-ring (bicyclic) bond motifs is 2. The highest BCUT2D eigenvalue weighted by atomic mass is 127. The van der Waals surface area contributed by atoms with Crippen LogP contribution < -0.4 is 15.8 Å². The van der Waals surface area contributed by atoms with E-state index in [2.05, 4.69) is 10.3 Å². The topological polar surface area (TPSA) is 59.6 Å². The van der Waals surface area contributed by atoms with Crippen LogP contribution in [0.2, 0.25) is 0 Å². The maximum absolute atomic E-state index is 5.94. The van der Waals surface area contributed by atoms with Gasteiger partial charge in [0.1, 0.15) is 5.75 Å². The summed E-state index contributed by atoms with van der Waals surface area (Å²) in [7, 11) is 1.66. The SMILES string of the molecule is COc1ccc(NC(N)=NCCC2CC3CCC2C3)cc1.I. The molecule has 2 bridgehead atoms. The largest absolute Gasteiger partial charge is 0.497 e. The smallest absolute Gasteiger partial charge is 0.193 e. The first-order valence-corrected chi connectivity index (χ1v) is 7.95. The summed E-state index contributed by atoms with van der Waals surface area (Å²) >= 11 is 0. The Morgan fingerprint density at radius 1 is 1.27 bits per heavy atom. The van der Waals surface area contributed by atoms with Gasteiger partial charge in [-0.05, 0) is 67.7 Å². The van der Waals surface area contributed by atoms with Crippen LogP contribution in [0.4, 0.5) is 5.69 Å². The molecule has 5 heteroatoms. The molecule has 2 aliphatic carbocycles. The molecule has 3 rings (SSSR count). The molecule has 0 heterocycles. The number of hydrogen-bond acceptors (Lipinski definition) is 2. The van der Waals surface area contributed by atoms with E-state index in [-0.39, 0.29) is 24.0 Å². The van der Waals surface area contributed by atoms with Crippen molar-refractivity contribution in [3.63, 3.8) is 0 Å². The first kappa shape index (κ1) is 17.4. The number of methoxy groups -OCH3 is 1. The highest BCUT2D eigenvalue weighted by Crippen LogP contribution is 2.49. The molecule has 22 heavy (non-hydrogen) atoms. The summed E-state index contributed by atoms with van der Waals surface area (Å²) in [6, 6.07) is 7.70. The van der Waals surface area contributed by atoms with E-state index in [0.29, 0.717) is 5.96 Å². The number of nitrogens with zero attached hydrogens (tertiary/aromatic N) is 1. The summed E-state index contributed by atoms with van der Waals surface area (Å²) in [6.45, 7) is 0.836. The number of nitrogens with two attached hydrogens (primary N) is 1. The number of ether oxygens (including phenoxy) is 1. The Hall–Kier alpha value is -0.980. The van der Waals surface area contributed by atoms with Crippen molar-refractivity contribution < 1.29 is 4.74 Å². The number of rotatable bonds is 5. The number of benzene rings is 1. The highest BCUT2D eigenvalue weighted by molar-refractivity contribution is 14.0. The molecule has 1 aromatic carbocycles. The summed E-state index contributed by atoms with van der Waals surface area (Å²) < 4.78 is 5.13. The van der Waals surface area contributed by atoms with Crippen molar-refractivity contribution in [2.45, 2.75) is 32.1 Å². The normalized spacial score (nSPS) is 26.6. The molecule has 1 aromatic rings. The minimum atomic E-state index is 0. The number of nitrogens with one attached hydrogen (secondary N) is 1. The maximum atomic E-state index is 5.94. The molecule has 0 amide bonds. The summed E-state index contributed by atoms with van der Waals surface area (Å²) in [5.41, 5.74) is 6.89. The lowest BCUT2D eigenvalue weighted by Crippen LogP contribution is -2.23. The van der Waals surface area contributed by atoms with Crippen LogP contribution in [0, 0.1) is 17.8 Å². The predicted octanol–water partition coefficient (Wildman–Crippen LogP) is 3.87. The lowest BCUT2D eigenvalue weighted by atomic mass is 9.86. The lowest BCUT2D eigenvalue weighted by Gasteiger charge is -2.20. The summed E-state index contributed by atoms with van der Waals surface area (Å²) in [4.78, 5) is 4.46. The third-order valence-corrected chi connectivity index (χ3v) is 5.03. The first-order chi connectivity index (χ1) is 10.2. The molecule has 122 valence electrons. The Morgan fingerprint density at radius 3 is 2.64 bits per heavy atom. The predicted molar refractivity (Wildman–Crippen MR) is 102 cm³/mol. The number of guanidine groups is 1. The van der Waals surface area contributed by atoms with Crippen molar-refractivity contribution in [1.82, 2.24) is 0 Å². The van der Waals surface area contributed by atoms with Gasteiger partial charge >= 0.3 is 0 Å². The quantitative estimate of drug-likeness (QED) is 0.436. The van der Waals surface area contributed by atoms with Gasteiger partial charge in [0.15, 0.2) is 5.96 Å². The first-order valence-electron chi connectivity index (χ1n) is 7.95. The standard InChI is InChI=1S/C17H25N3O.HI/c1-21-16-6-4-15(5-7-16)20-17(18)19-9-8-14-11-12-2-3-13(14)10-12;/h4-7,12-14H,2-3,8-11H2,1H3,(H3,18,19,20);1H. The van der Waals surface area contributed by atoms with Gasteiger partial charge in [-0.1, -0.05) is 6.42 Å². The molecule has 0 spiro atoms. The molecule has 4 nitrogen and oxygen atoms in total. The van der Waals surface area contributed by atoms with E-state index in [4.69, 9.17) is 10.5 Å². The van der Waals surface area contributed by atoms with Crippen LogP contribution in [0.15, 0.2) is 29.3 Å². The Kier molecular flexibility index (Phi) is 6.35. The summed E-state index contributed by atoms with van der Waals surface area (Å²) in [5.74, 6) is 4.22. The van der Waals surface area contributed by atoms with Gasteiger partial charge in [0, 0.05) is 12.2 Å². The minimum absolute atomic E-state index is 0. The molecule has 2 fully saturated rings. The zero-order valence-corrected chi connectivity index (χ0v) is 15.5. The van der Waals surface area contributed by atoms with Gasteiger partial charge < -0.3 is 15.8 Å². The molecule has 0 aromatic heterocycles. The maximum Gasteiger partial charge on any atom is 0.193 e. The zero-order chi connectivity index (χ0) is 14.7. The molecule has 0 radical (unpaired) electrons. The summed E-state index contributed by atoms with van der Waals surface area (Å²) in [6.07, 6.45) is 6.98. The molecule has 0 saturated heterocycles. The van der Waals surface area contributed by atoms with Crippen molar-refractivity contribution in [2.24, 2.45) is 28.5 Å². The fourth-order valence-corrected chi connectivity index (χ4v) is 3.94. The van der Waals surface area contributed by atoms with E-state index in [1.54, 1.807) is 7.11 Å². The number of halogens is 1. The van der Waals surface area contributed by atoms with Crippen molar-refractivity contribution >= 4 is 35.6 Å². The van der Waals surface area contributed by atoms with E-state index >= 15 is 0 Å². The Bertz CT molecular complexity index is 503. The van der Waals surface area contributed by atoms with Gasteiger partial charge in [-0.15, -0.1) is 24.0 Å². The molecular weight excluding hydrogens is 389 g/mol. The van der Waals surface area contributed by atoms with E-state index in [0.717, 1.165) is 35.7 Å². The Morgan fingerprint density at radius 2 is 2.05 bits per heavy atom. The zero-order valence-electron chi connectivity index (χ0n) is 13.1. The fraction of sp³-hybridized carbons (Fsp3) is 0.588. The monoisotopic (exact) mass is 415 g/mol. The van der Waals surface area contributed by atoms with E-state index in [9.17, 15) is 0 Å². The van der Waals surface area contributed by atoms with E-state index < -0.39 is 0 Å². The van der Waals surface area contributed by atoms with Crippen LogP contribution in [-0.2, 0) is 0 Å². The molecule has 3 N–H and O–H groups in total. The van der Waals surface area contributed by atoms with E-state index in [1.165, 1.54) is 32.1 Å². The van der Waals surface area contributed by atoms with Gasteiger partial charge in [-0.25, -0.2) is 0 Å². The molecule has 3 unspecified atom stereocenters. The van der Waals surface area contributed by atoms with E-state index in [1.807, 2.05) is 24.3 Å². The van der Waals surface area contributed by atoms with Crippen LogP contribution in [0.3, 0.4) is 0 Å². The number of aliphatic imine (C=N–C) groups is 1. The van der Waals surface area contributed by atoms with Gasteiger partial charge in [0.05, 0.1) is 7.11 Å².